The van der Waals surface area contributed by atoms with Gasteiger partial charge in [-0.3, -0.25) is 0 Å². The first-order valence-electron chi connectivity index (χ1n) is 2.66. The van der Waals surface area contributed by atoms with Gasteiger partial charge in [-0.05, 0) is 6.92 Å². The number of alkyl halides is 3. The molecule has 0 aliphatic heterocycles. The molecule has 0 saturated carbocycles. The van der Waals surface area contributed by atoms with Crippen molar-refractivity contribution in [1.29, 1.82) is 0 Å². The number of aliphatic hydroxyl groups is 2. The van der Waals surface area contributed by atoms with Crippen LogP contribution in [0.15, 0.2) is 0 Å². The van der Waals surface area contributed by atoms with Gasteiger partial charge in [-0.15, -0.1) is 0 Å². The van der Waals surface area contributed by atoms with Crippen molar-refractivity contribution >= 4 is 0 Å². The van der Waals surface area contributed by atoms with Crippen LogP contribution in [0, 0.1) is 5.41 Å². The van der Waals surface area contributed by atoms with E-state index in [1.54, 1.807) is 0 Å². The predicted octanol–water partition coefficient (Wildman–Crippen LogP) is 0.540. The molecule has 10 heavy (non-hydrogen) atoms. The first-order chi connectivity index (χ1) is 4.37. The molecule has 0 aliphatic rings. The van der Waals surface area contributed by atoms with E-state index in [1.807, 2.05) is 0 Å². The minimum atomic E-state index is -4.55. The quantitative estimate of drug-likeness (QED) is 0.615. The van der Waals surface area contributed by atoms with Crippen LogP contribution >= 0.6 is 0 Å². The standard InChI is InChI=1S/C5H9F3O2/c1-4(2-9,3-10)5(6,7)8/h9-10H,2-3H2,1H3. The summed E-state index contributed by atoms with van der Waals surface area (Å²) in [6.45, 7) is -1.42. The Hall–Kier alpha value is -0.290. The molecule has 0 unspecified atom stereocenters. The molecule has 0 aliphatic carbocycles. The summed E-state index contributed by atoms with van der Waals surface area (Å²) >= 11 is 0. The normalized spacial score (nSPS) is 13.8. The maximum absolute atomic E-state index is 11.8. The summed E-state index contributed by atoms with van der Waals surface area (Å²) in [5.41, 5.74) is -2.37. The molecule has 0 fully saturated rings. The third kappa shape index (κ3) is 1.60. The lowest BCUT2D eigenvalue weighted by atomic mass is 9.92. The monoisotopic (exact) mass is 158 g/mol. The summed E-state index contributed by atoms with van der Waals surface area (Å²) < 4.78 is 35.4. The van der Waals surface area contributed by atoms with Gasteiger partial charge in [0.15, 0.2) is 0 Å². The highest BCUT2D eigenvalue weighted by atomic mass is 19.4. The summed E-state index contributed by atoms with van der Waals surface area (Å²) in [6, 6.07) is 0. The molecule has 0 aromatic heterocycles. The van der Waals surface area contributed by atoms with E-state index in [4.69, 9.17) is 10.2 Å². The van der Waals surface area contributed by atoms with Gasteiger partial charge < -0.3 is 10.2 Å². The summed E-state index contributed by atoms with van der Waals surface area (Å²) in [5.74, 6) is 0. The molecule has 0 aromatic rings. The lowest BCUT2D eigenvalue weighted by molar-refractivity contribution is -0.239. The number of halogens is 3. The molecule has 62 valence electrons. The fourth-order valence-corrected chi connectivity index (χ4v) is 0.229. The molecule has 0 saturated heterocycles. The first-order valence-corrected chi connectivity index (χ1v) is 2.66. The van der Waals surface area contributed by atoms with Crippen molar-refractivity contribution in [2.24, 2.45) is 5.41 Å². The fraction of sp³-hybridized carbons (Fsp3) is 1.00. The molecule has 0 bridgehead atoms. The number of rotatable bonds is 2. The molecule has 0 heterocycles. The van der Waals surface area contributed by atoms with Crippen molar-refractivity contribution in [3.8, 4) is 0 Å². The Labute approximate surface area is 56.3 Å². The molecule has 0 radical (unpaired) electrons. The van der Waals surface area contributed by atoms with Gasteiger partial charge in [-0.2, -0.15) is 13.2 Å². The largest absolute Gasteiger partial charge is 0.398 e. The van der Waals surface area contributed by atoms with Crippen LogP contribution < -0.4 is 0 Å². The number of hydrogen-bond donors (Lipinski definition) is 2. The Morgan fingerprint density at radius 3 is 1.40 bits per heavy atom. The van der Waals surface area contributed by atoms with E-state index in [2.05, 4.69) is 0 Å². The third-order valence-electron chi connectivity index (χ3n) is 1.38. The average Bonchev–Trinajstić information content (AvgIpc) is 1.84. The molecule has 5 heteroatoms. The van der Waals surface area contributed by atoms with Crippen LogP contribution in [0.25, 0.3) is 0 Å². The van der Waals surface area contributed by atoms with Crippen molar-refractivity contribution in [3.05, 3.63) is 0 Å². The number of aliphatic hydroxyl groups excluding tert-OH is 2. The Morgan fingerprint density at radius 1 is 1.10 bits per heavy atom. The van der Waals surface area contributed by atoms with Crippen LogP contribution in [-0.2, 0) is 0 Å². The van der Waals surface area contributed by atoms with E-state index in [0.29, 0.717) is 0 Å². The molecule has 0 spiro atoms. The topological polar surface area (TPSA) is 40.5 Å². The Bertz CT molecular complexity index is 106. The SMILES string of the molecule is CC(CO)(CO)C(F)(F)F. The smallest absolute Gasteiger partial charge is 0.395 e. The Balaban J connectivity index is 4.33. The van der Waals surface area contributed by atoms with Gasteiger partial charge in [0.25, 0.3) is 0 Å². The highest BCUT2D eigenvalue weighted by molar-refractivity contribution is 4.80. The molecular formula is C5H9F3O2. The van der Waals surface area contributed by atoms with Crippen molar-refractivity contribution in [1.82, 2.24) is 0 Å². The fourth-order valence-electron chi connectivity index (χ4n) is 0.229. The maximum atomic E-state index is 11.8. The zero-order valence-corrected chi connectivity index (χ0v) is 5.44. The van der Waals surface area contributed by atoms with Gasteiger partial charge in [0, 0.05) is 0 Å². The van der Waals surface area contributed by atoms with Gasteiger partial charge in [0.2, 0.25) is 0 Å². The summed E-state index contributed by atoms with van der Waals surface area (Å²) in [7, 11) is 0. The minimum Gasteiger partial charge on any atom is -0.395 e. The van der Waals surface area contributed by atoms with Crippen molar-refractivity contribution in [2.45, 2.75) is 13.1 Å². The summed E-state index contributed by atoms with van der Waals surface area (Å²) in [4.78, 5) is 0. The van der Waals surface area contributed by atoms with Gasteiger partial charge in [0.1, 0.15) is 5.41 Å². The van der Waals surface area contributed by atoms with E-state index in [9.17, 15) is 13.2 Å². The highest BCUT2D eigenvalue weighted by Crippen LogP contribution is 2.36. The van der Waals surface area contributed by atoms with Gasteiger partial charge in [-0.25, -0.2) is 0 Å². The highest BCUT2D eigenvalue weighted by Gasteiger charge is 2.50. The van der Waals surface area contributed by atoms with E-state index in [1.165, 1.54) is 0 Å². The van der Waals surface area contributed by atoms with E-state index < -0.39 is 24.8 Å². The second kappa shape index (κ2) is 2.75. The van der Waals surface area contributed by atoms with Gasteiger partial charge in [0.05, 0.1) is 13.2 Å². The van der Waals surface area contributed by atoms with E-state index >= 15 is 0 Å². The predicted molar refractivity (Wildman–Crippen MR) is 28.3 cm³/mol. The van der Waals surface area contributed by atoms with Crippen LogP contribution in [0.3, 0.4) is 0 Å². The molecule has 0 amide bonds. The van der Waals surface area contributed by atoms with Crippen molar-refractivity contribution in [2.75, 3.05) is 13.2 Å². The minimum absolute atomic E-state index is 0.757. The molecule has 0 atom stereocenters. The lowest BCUT2D eigenvalue weighted by Gasteiger charge is -2.27. The molecule has 2 N–H and O–H groups in total. The van der Waals surface area contributed by atoms with E-state index in [0.717, 1.165) is 6.92 Å². The summed E-state index contributed by atoms with van der Waals surface area (Å²) in [6.07, 6.45) is -4.55. The lowest BCUT2D eigenvalue weighted by Crippen LogP contribution is -2.41. The van der Waals surface area contributed by atoms with Crippen molar-refractivity contribution in [3.63, 3.8) is 0 Å². The second-order valence-electron chi connectivity index (χ2n) is 2.37. The van der Waals surface area contributed by atoms with Gasteiger partial charge >= 0.3 is 6.18 Å². The van der Waals surface area contributed by atoms with E-state index in [-0.39, 0.29) is 0 Å². The zero-order chi connectivity index (χ0) is 8.41. The molecular weight excluding hydrogens is 149 g/mol. The molecule has 2 nitrogen and oxygen atoms in total. The van der Waals surface area contributed by atoms with Crippen LogP contribution in [0.1, 0.15) is 6.92 Å². The second-order valence-corrected chi connectivity index (χ2v) is 2.37. The van der Waals surface area contributed by atoms with Crippen LogP contribution in [0.5, 0.6) is 0 Å². The van der Waals surface area contributed by atoms with Crippen LogP contribution in [-0.4, -0.2) is 29.6 Å². The van der Waals surface area contributed by atoms with Crippen LogP contribution in [0.2, 0.25) is 0 Å². The zero-order valence-electron chi connectivity index (χ0n) is 5.44. The first kappa shape index (κ1) is 9.71. The maximum Gasteiger partial charge on any atom is 0.398 e. The Kier molecular flexibility index (Phi) is 2.67. The average molecular weight is 158 g/mol. The van der Waals surface area contributed by atoms with Crippen LogP contribution in [0.4, 0.5) is 13.2 Å². The molecule has 0 aromatic carbocycles. The third-order valence-corrected chi connectivity index (χ3v) is 1.38. The molecule has 0 rings (SSSR count). The van der Waals surface area contributed by atoms with Gasteiger partial charge in [-0.1, -0.05) is 0 Å². The Morgan fingerprint density at radius 2 is 1.40 bits per heavy atom. The van der Waals surface area contributed by atoms with Crippen molar-refractivity contribution < 1.29 is 23.4 Å². The number of hydrogen-bond acceptors (Lipinski definition) is 2. The summed E-state index contributed by atoms with van der Waals surface area (Å²) in [5, 5.41) is 16.5.